The van der Waals surface area contributed by atoms with E-state index in [4.69, 9.17) is 11.6 Å². The van der Waals surface area contributed by atoms with Crippen molar-refractivity contribution < 1.29 is 17.6 Å². The summed E-state index contributed by atoms with van der Waals surface area (Å²) in [4.78, 5) is 12.1. The topological polar surface area (TPSA) is 63.2 Å². The van der Waals surface area contributed by atoms with Gasteiger partial charge in [-0.15, -0.1) is 0 Å². The van der Waals surface area contributed by atoms with Gasteiger partial charge in [-0.25, -0.2) is 12.8 Å². The van der Waals surface area contributed by atoms with Gasteiger partial charge in [-0.05, 0) is 42.5 Å². The molecule has 0 saturated heterocycles. The number of hydrogen-bond acceptors (Lipinski definition) is 3. The van der Waals surface area contributed by atoms with Crippen molar-refractivity contribution in [3.63, 3.8) is 0 Å². The quantitative estimate of drug-likeness (QED) is 0.925. The maximum absolute atomic E-state index is 13.6. The van der Waals surface area contributed by atoms with Crippen LogP contribution in [0.5, 0.6) is 0 Å². The minimum absolute atomic E-state index is 0.00527. The monoisotopic (exact) mass is 341 g/mol. The van der Waals surface area contributed by atoms with Gasteiger partial charge >= 0.3 is 0 Å². The van der Waals surface area contributed by atoms with E-state index in [0.717, 1.165) is 6.07 Å². The lowest BCUT2D eigenvalue weighted by atomic mass is 10.2. The third-order valence-electron chi connectivity index (χ3n) is 3.03. The lowest BCUT2D eigenvalue weighted by molar-refractivity contribution is 0.102. The Morgan fingerprint density at radius 1 is 1.18 bits per heavy atom. The van der Waals surface area contributed by atoms with Gasteiger partial charge < -0.3 is 5.32 Å². The van der Waals surface area contributed by atoms with Crippen LogP contribution in [0.1, 0.15) is 17.3 Å². The number of carbonyl (C=O) groups excluding carboxylic acids is 1. The largest absolute Gasteiger partial charge is 0.322 e. The lowest BCUT2D eigenvalue weighted by Gasteiger charge is -2.07. The van der Waals surface area contributed by atoms with Gasteiger partial charge in [0.15, 0.2) is 9.84 Å². The molecule has 0 bridgehead atoms. The summed E-state index contributed by atoms with van der Waals surface area (Å²) in [5.41, 5.74) is 0.226. The van der Waals surface area contributed by atoms with E-state index in [1.165, 1.54) is 36.4 Å². The van der Waals surface area contributed by atoms with E-state index in [2.05, 4.69) is 5.32 Å². The molecule has 116 valence electrons. The standard InChI is InChI=1S/C15H13ClFNO3S/c1-2-22(20,21)12-6-4-11(5-7-12)18-15(19)13-8-3-10(16)9-14(13)17/h3-9H,2H2,1H3,(H,18,19). The van der Waals surface area contributed by atoms with Crippen molar-refractivity contribution in [1.82, 2.24) is 0 Å². The third kappa shape index (κ3) is 3.64. The normalized spacial score (nSPS) is 11.2. The second kappa shape index (κ2) is 6.46. The zero-order chi connectivity index (χ0) is 16.3. The van der Waals surface area contributed by atoms with Crippen LogP contribution < -0.4 is 5.32 Å². The number of rotatable bonds is 4. The Morgan fingerprint density at radius 2 is 1.82 bits per heavy atom. The van der Waals surface area contributed by atoms with Crippen LogP contribution in [0.4, 0.5) is 10.1 Å². The molecule has 2 aromatic rings. The van der Waals surface area contributed by atoms with Gasteiger partial charge in [0.2, 0.25) is 0 Å². The number of hydrogen-bond donors (Lipinski definition) is 1. The molecule has 1 N–H and O–H groups in total. The summed E-state index contributed by atoms with van der Waals surface area (Å²) < 4.78 is 37.0. The fourth-order valence-corrected chi connectivity index (χ4v) is 2.83. The van der Waals surface area contributed by atoms with E-state index in [1.807, 2.05) is 0 Å². The van der Waals surface area contributed by atoms with Gasteiger partial charge in [-0.1, -0.05) is 18.5 Å². The number of halogens is 2. The van der Waals surface area contributed by atoms with E-state index in [-0.39, 0.29) is 21.2 Å². The van der Waals surface area contributed by atoms with Crippen LogP contribution in [-0.4, -0.2) is 20.1 Å². The van der Waals surface area contributed by atoms with Crippen LogP contribution in [0, 0.1) is 5.82 Å². The molecule has 22 heavy (non-hydrogen) atoms. The molecule has 0 radical (unpaired) electrons. The van der Waals surface area contributed by atoms with E-state index >= 15 is 0 Å². The molecular formula is C15H13ClFNO3S. The summed E-state index contributed by atoms with van der Waals surface area (Å²) >= 11 is 5.63. The third-order valence-corrected chi connectivity index (χ3v) is 5.01. The molecule has 7 heteroatoms. The van der Waals surface area contributed by atoms with Crippen LogP contribution in [0.25, 0.3) is 0 Å². The Morgan fingerprint density at radius 3 is 2.36 bits per heavy atom. The highest BCUT2D eigenvalue weighted by Crippen LogP contribution is 2.18. The van der Waals surface area contributed by atoms with E-state index < -0.39 is 21.6 Å². The Hall–Kier alpha value is -1.92. The summed E-state index contributed by atoms with van der Waals surface area (Å²) in [6, 6.07) is 9.44. The number of carbonyl (C=O) groups is 1. The Labute approximate surface area is 132 Å². The number of benzene rings is 2. The second-order valence-electron chi connectivity index (χ2n) is 4.51. The van der Waals surface area contributed by atoms with Gasteiger partial charge in [0.25, 0.3) is 5.91 Å². The van der Waals surface area contributed by atoms with Gasteiger partial charge in [0.1, 0.15) is 5.82 Å². The van der Waals surface area contributed by atoms with Crippen molar-refractivity contribution in [2.24, 2.45) is 0 Å². The molecule has 1 amide bonds. The van der Waals surface area contributed by atoms with Crippen LogP contribution >= 0.6 is 11.6 Å². The molecule has 2 aromatic carbocycles. The first kappa shape index (κ1) is 16.5. The average Bonchev–Trinajstić information content (AvgIpc) is 2.47. The molecule has 0 aromatic heterocycles. The maximum Gasteiger partial charge on any atom is 0.258 e. The van der Waals surface area contributed by atoms with Crippen molar-refractivity contribution in [3.8, 4) is 0 Å². The Bertz CT molecular complexity index is 804. The molecule has 0 atom stereocenters. The minimum Gasteiger partial charge on any atom is -0.322 e. The van der Waals surface area contributed by atoms with Crippen molar-refractivity contribution in [2.45, 2.75) is 11.8 Å². The van der Waals surface area contributed by atoms with Crippen LogP contribution in [0.3, 0.4) is 0 Å². The molecular weight excluding hydrogens is 329 g/mol. The van der Waals surface area contributed by atoms with Crippen molar-refractivity contribution in [3.05, 3.63) is 58.9 Å². The highest BCUT2D eigenvalue weighted by molar-refractivity contribution is 7.91. The minimum atomic E-state index is -3.29. The number of anilines is 1. The summed E-state index contributed by atoms with van der Waals surface area (Å²) in [6.07, 6.45) is 0. The van der Waals surface area contributed by atoms with E-state index in [0.29, 0.717) is 5.69 Å². The maximum atomic E-state index is 13.6. The molecule has 0 aliphatic carbocycles. The summed E-state index contributed by atoms with van der Waals surface area (Å²) in [5, 5.41) is 2.70. The van der Waals surface area contributed by atoms with Crippen LogP contribution in [0.15, 0.2) is 47.4 Å². The Kier molecular flexibility index (Phi) is 4.83. The number of amides is 1. The predicted octanol–water partition coefficient (Wildman–Crippen LogP) is 3.53. The first-order valence-electron chi connectivity index (χ1n) is 6.42. The summed E-state index contributed by atoms with van der Waals surface area (Å²) in [5.74, 6) is -1.37. The van der Waals surface area contributed by atoms with E-state index in [9.17, 15) is 17.6 Å². The molecule has 0 saturated carbocycles. The number of nitrogens with one attached hydrogen (secondary N) is 1. The molecule has 0 aliphatic heterocycles. The van der Waals surface area contributed by atoms with Gasteiger partial charge in [0, 0.05) is 10.7 Å². The van der Waals surface area contributed by atoms with Crippen molar-refractivity contribution >= 4 is 33.0 Å². The van der Waals surface area contributed by atoms with Crippen molar-refractivity contribution in [2.75, 3.05) is 11.1 Å². The predicted molar refractivity (Wildman–Crippen MR) is 83.5 cm³/mol. The molecule has 0 unspecified atom stereocenters. The van der Waals surface area contributed by atoms with Gasteiger partial charge in [-0.3, -0.25) is 4.79 Å². The van der Waals surface area contributed by atoms with Crippen molar-refractivity contribution in [1.29, 1.82) is 0 Å². The lowest BCUT2D eigenvalue weighted by Crippen LogP contribution is -2.14. The Balaban J connectivity index is 2.19. The van der Waals surface area contributed by atoms with E-state index in [1.54, 1.807) is 6.92 Å². The zero-order valence-electron chi connectivity index (χ0n) is 11.6. The number of sulfone groups is 1. The second-order valence-corrected chi connectivity index (χ2v) is 7.22. The smallest absolute Gasteiger partial charge is 0.258 e. The fraction of sp³-hybridized carbons (Fsp3) is 0.133. The average molecular weight is 342 g/mol. The zero-order valence-corrected chi connectivity index (χ0v) is 13.2. The fourth-order valence-electron chi connectivity index (χ4n) is 1.78. The summed E-state index contributed by atoms with van der Waals surface area (Å²) in [7, 11) is -3.29. The molecule has 0 spiro atoms. The highest BCUT2D eigenvalue weighted by atomic mass is 35.5. The molecule has 0 aliphatic rings. The van der Waals surface area contributed by atoms with Gasteiger partial charge in [0.05, 0.1) is 16.2 Å². The summed E-state index contributed by atoms with van der Waals surface area (Å²) in [6.45, 7) is 1.55. The van der Waals surface area contributed by atoms with Gasteiger partial charge in [-0.2, -0.15) is 0 Å². The SMILES string of the molecule is CCS(=O)(=O)c1ccc(NC(=O)c2ccc(Cl)cc2F)cc1. The molecule has 0 heterocycles. The van der Waals surface area contributed by atoms with Crippen LogP contribution in [0.2, 0.25) is 5.02 Å². The molecule has 0 fully saturated rings. The molecule has 4 nitrogen and oxygen atoms in total. The first-order valence-corrected chi connectivity index (χ1v) is 8.45. The first-order chi connectivity index (χ1) is 10.3. The molecule has 2 rings (SSSR count). The highest BCUT2D eigenvalue weighted by Gasteiger charge is 2.14. The van der Waals surface area contributed by atoms with Crippen LogP contribution in [-0.2, 0) is 9.84 Å².